The number of aliphatic hydroxyl groups excluding tert-OH is 1. The number of benzene rings is 2. The number of allylic oxidation sites excluding steroid dienone is 1. The number of para-hydroxylation sites is 2. The molecule has 1 spiro atoms. The zero-order chi connectivity index (χ0) is 30.0. The van der Waals surface area contributed by atoms with Gasteiger partial charge in [0.05, 0.1) is 18.3 Å². The maximum absolute atomic E-state index is 14.0. The van der Waals surface area contributed by atoms with Crippen LogP contribution in [0.15, 0.2) is 81.9 Å². The Bertz CT molecular complexity index is 1560. The van der Waals surface area contributed by atoms with Crippen LogP contribution in [0.2, 0.25) is 0 Å². The summed E-state index contributed by atoms with van der Waals surface area (Å²) >= 11 is 0. The predicted molar refractivity (Wildman–Crippen MR) is 160 cm³/mol. The maximum atomic E-state index is 14.0. The number of fused-ring (bicyclic) bond motifs is 1. The molecule has 0 bridgehead atoms. The number of hydrogen-bond acceptors (Lipinski definition) is 8. The molecule has 0 aliphatic carbocycles. The highest BCUT2D eigenvalue weighted by molar-refractivity contribution is 5.95. The normalized spacial score (nSPS) is 23.3. The summed E-state index contributed by atoms with van der Waals surface area (Å²) in [7, 11) is 0. The first kappa shape index (κ1) is 28.9. The molecule has 1 aromatic heterocycles. The van der Waals surface area contributed by atoms with Crippen molar-refractivity contribution in [2.24, 2.45) is 5.92 Å². The van der Waals surface area contributed by atoms with Crippen LogP contribution in [0.4, 0.5) is 5.69 Å². The average molecular weight is 588 g/mol. The van der Waals surface area contributed by atoms with E-state index in [0.717, 1.165) is 5.69 Å². The minimum Gasteiger partial charge on any atom is -0.464 e. The summed E-state index contributed by atoms with van der Waals surface area (Å²) in [5, 5.41) is 13.1. The van der Waals surface area contributed by atoms with Gasteiger partial charge < -0.3 is 34.1 Å². The molecule has 10 heteroatoms. The molecule has 0 radical (unpaired) electrons. The van der Waals surface area contributed by atoms with Gasteiger partial charge in [-0.3, -0.25) is 14.4 Å². The first-order valence-corrected chi connectivity index (χ1v) is 15.0. The van der Waals surface area contributed by atoms with Crippen molar-refractivity contribution >= 4 is 28.5 Å². The lowest BCUT2D eigenvalue weighted by Gasteiger charge is -2.44. The van der Waals surface area contributed by atoms with Crippen LogP contribution in [0.25, 0.3) is 11.0 Å². The molecule has 6 rings (SSSR count). The lowest BCUT2D eigenvalue weighted by molar-refractivity contribution is -0.171. The van der Waals surface area contributed by atoms with Crippen LogP contribution in [-0.4, -0.2) is 66.6 Å². The number of ether oxygens (including phenoxy) is 2. The van der Waals surface area contributed by atoms with Crippen molar-refractivity contribution in [2.45, 2.75) is 50.4 Å². The molecule has 2 N–H and O–H groups in total. The van der Waals surface area contributed by atoms with Crippen molar-refractivity contribution < 1.29 is 28.6 Å². The first-order valence-electron chi connectivity index (χ1n) is 15.0. The minimum atomic E-state index is -0.790. The van der Waals surface area contributed by atoms with Crippen molar-refractivity contribution in [3.63, 3.8) is 0 Å². The molecule has 2 fully saturated rings. The summed E-state index contributed by atoms with van der Waals surface area (Å²) in [4.78, 5) is 44.5. The monoisotopic (exact) mass is 587 g/mol. The maximum Gasteiger partial charge on any atom is 0.288 e. The third kappa shape index (κ3) is 5.29. The van der Waals surface area contributed by atoms with Gasteiger partial charge >= 0.3 is 0 Å². The molecule has 2 saturated heterocycles. The summed E-state index contributed by atoms with van der Waals surface area (Å²) < 4.78 is 18.0. The fourth-order valence-electron chi connectivity index (χ4n) is 6.71. The largest absolute Gasteiger partial charge is 0.464 e. The fraction of sp³-hybridized carbons (Fsp3) is 0.424. The van der Waals surface area contributed by atoms with E-state index in [1.807, 2.05) is 43.3 Å². The van der Waals surface area contributed by atoms with Gasteiger partial charge in [0.2, 0.25) is 12.2 Å². The number of aliphatic hydroxyl groups is 1. The van der Waals surface area contributed by atoms with Crippen LogP contribution in [0.3, 0.4) is 0 Å². The lowest BCUT2D eigenvalue weighted by atomic mass is 9.80. The number of anilines is 1. The van der Waals surface area contributed by atoms with E-state index in [-0.39, 0.29) is 35.5 Å². The van der Waals surface area contributed by atoms with E-state index in [1.54, 1.807) is 29.2 Å². The van der Waals surface area contributed by atoms with Gasteiger partial charge in [-0.2, -0.15) is 0 Å². The summed E-state index contributed by atoms with van der Waals surface area (Å²) in [6.45, 7) is 3.33. The van der Waals surface area contributed by atoms with E-state index >= 15 is 0 Å². The van der Waals surface area contributed by atoms with Crippen molar-refractivity contribution in [3.05, 3.63) is 88.5 Å². The van der Waals surface area contributed by atoms with Crippen LogP contribution in [0.1, 0.15) is 44.1 Å². The average Bonchev–Trinajstić information content (AvgIpc) is 3.35. The number of carbonyl (C=O) groups is 2. The third-order valence-corrected chi connectivity index (χ3v) is 8.97. The van der Waals surface area contributed by atoms with E-state index in [9.17, 15) is 19.5 Å². The molecule has 43 heavy (non-hydrogen) atoms. The molecule has 3 atom stereocenters. The smallest absolute Gasteiger partial charge is 0.288 e. The number of rotatable bonds is 8. The number of piperidine rings is 1. The number of carbonyl (C=O) groups excluding carboxylic acids is 2. The van der Waals surface area contributed by atoms with E-state index < -0.39 is 17.7 Å². The molecule has 3 aliphatic rings. The highest BCUT2D eigenvalue weighted by atomic mass is 16.7. The van der Waals surface area contributed by atoms with Gasteiger partial charge in [0.15, 0.2) is 11.2 Å². The van der Waals surface area contributed by atoms with Gasteiger partial charge in [-0.25, -0.2) is 0 Å². The summed E-state index contributed by atoms with van der Waals surface area (Å²) in [6.07, 6.45) is 4.34. The Hall–Kier alpha value is -4.15. The Morgan fingerprint density at radius 1 is 1.09 bits per heavy atom. The number of hydrogen-bond donors (Lipinski definition) is 2. The van der Waals surface area contributed by atoms with Crippen LogP contribution in [0.5, 0.6) is 0 Å². The van der Waals surface area contributed by atoms with E-state index in [2.05, 4.69) is 10.2 Å². The van der Waals surface area contributed by atoms with Crippen LogP contribution in [-0.2, 0) is 19.1 Å². The van der Waals surface area contributed by atoms with Gasteiger partial charge in [-0.05, 0) is 62.9 Å². The summed E-state index contributed by atoms with van der Waals surface area (Å²) in [5.74, 6) is -1.06. The van der Waals surface area contributed by atoms with Crippen molar-refractivity contribution in [3.8, 4) is 0 Å². The second kappa shape index (κ2) is 12.2. The molecule has 226 valence electrons. The molecule has 3 aliphatic heterocycles. The lowest BCUT2D eigenvalue weighted by Crippen LogP contribution is -2.57. The van der Waals surface area contributed by atoms with Crippen LogP contribution >= 0.6 is 0 Å². The quantitative estimate of drug-likeness (QED) is 0.411. The Morgan fingerprint density at radius 3 is 2.58 bits per heavy atom. The number of likely N-dealkylation sites (tertiary alicyclic amines) is 1. The van der Waals surface area contributed by atoms with E-state index in [4.69, 9.17) is 13.9 Å². The molecule has 10 nitrogen and oxygen atoms in total. The first-order chi connectivity index (χ1) is 21.0. The molecular formula is C33H37N3O7. The van der Waals surface area contributed by atoms with Crippen LogP contribution in [0, 0.1) is 5.92 Å². The highest BCUT2D eigenvalue weighted by Gasteiger charge is 2.51. The predicted octanol–water partition coefficient (Wildman–Crippen LogP) is 3.50. The highest BCUT2D eigenvalue weighted by Crippen LogP contribution is 2.41. The standard InChI is InChI=1S/C33H37N3O7/c1-2-41-31-23(12-8-18-37)25(26-20-42-27-13-7-6-11-24(27)29(26)38)19-28(43-31)30(39)35-16-14-33(15-17-35)32(40)34-21-36(33)22-9-4-3-5-10-22/h3-7,9-11,13,19-20,23,25,31,37H,2,8,12,14-18,21H2,1H3,(H,34,40)/t23-,25-,31+/m0/s1. The minimum absolute atomic E-state index is 0.0208. The zero-order valence-electron chi connectivity index (χ0n) is 24.2. The van der Waals surface area contributed by atoms with Crippen LogP contribution < -0.4 is 15.6 Å². The Balaban J connectivity index is 1.29. The van der Waals surface area contributed by atoms with Gasteiger partial charge in [-0.15, -0.1) is 0 Å². The van der Waals surface area contributed by atoms with Crippen molar-refractivity contribution in [1.82, 2.24) is 10.2 Å². The topological polar surface area (TPSA) is 122 Å². The number of nitrogens with zero attached hydrogens (tertiary/aromatic N) is 2. The summed E-state index contributed by atoms with van der Waals surface area (Å²) in [6, 6.07) is 16.9. The van der Waals surface area contributed by atoms with Gasteiger partial charge in [0.25, 0.3) is 5.91 Å². The van der Waals surface area contributed by atoms with E-state index in [1.165, 1.54) is 6.26 Å². The Labute approximate surface area is 249 Å². The molecule has 2 amide bonds. The van der Waals surface area contributed by atoms with Crippen molar-refractivity contribution in [2.75, 3.05) is 37.9 Å². The van der Waals surface area contributed by atoms with Gasteiger partial charge in [-0.1, -0.05) is 30.3 Å². The molecule has 0 unspecified atom stereocenters. The number of amides is 2. The van der Waals surface area contributed by atoms with Gasteiger partial charge in [0, 0.05) is 49.4 Å². The van der Waals surface area contributed by atoms with Gasteiger partial charge in [0.1, 0.15) is 11.1 Å². The second-order valence-electron chi connectivity index (χ2n) is 11.3. The molecule has 2 aromatic carbocycles. The number of nitrogens with one attached hydrogen (secondary N) is 1. The van der Waals surface area contributed by atoms with E-state index in [0.29, 0.717) is 68.6 Å². The SMILES string of the molecule is CCO[C@@H]1OC(C(=O)N2CCC3(CC2)C(=O)NCN3c2ccccc2)=C[C@H](c2coc3ccccc3c2=O)[C@@H]1CCCO. The van der Waals surface area contributed by atoms with Crippen molar-refractivity contribution in [1.29, 1.82) is 0 Å². The summed E-state index contributed by atoms with van der Waals surface area (Å²) in [5.41, 5.74) is 0.965. The molecule has 4 heterocycles. The second-order valence-corrected chi connectivity index (χ2v) is 11.3. The Kier molecular flexibility index (Phi) is 8.23. The molecule has 3 aromatic rings. The third-order valence-electron chi connectivity index (χ3n) is 8.97. The molecule has 0 saturated carbocycles. The Morgan fingerprint density at radius 2 is 1.84 bits per heavy atom. The fourth-order valence-corrected chi connectivity index (χ4v) is 6.71. The zero-order valence-corrected chi connectivity index (χ0v) is 24.2. The molecular weight excluding hydrogens is 550 g/mol.